The van der Waals surface area contributed by atoms with Gasteiger partial charge in [-0.05, 0) is 17.5 Å². The monoisotopic (exact) mass is 169 g/mol. The Morgan fingerprint density at radius 3 is 3.08 bits per heavy atom. The number of hydrogen-bond donors (Lipinski definition) is 1. The lowest BCUT2D eigenvalue weighted by atomic mass is 10.1. The summed E-state index contributed by atoms with van der Waals surface area (Å²) < 4.78 is 0. The molecule has 0 bridgehead atoms. The van der Waals surface area contributed by atoms with Gasteiger partial charge in [-0.2, -0.15) is 5.26 Å². The van der Waals surface area contributed by atoms with Crippen molar-refractivity contribution in [1.29, 1.82) is 5.26 Å². The standard InChI is InChI=1S/C10H7N3/c11-7-13-10-3-1-2-8-4-5-12-6-9(8)10/h1-6,13H. The molecule has 1 heterocycles. The first kappa shape index (κ1) is 7.56. The van der Waals surface area contributed by atoms with E-state index in [4.69, 9.17) is 5.26 Å². The molecule has 3 nitrogen and oxygen atoms in total. The number of hydrogen-bond acceptors (Lipinski definition) is 3. The van der Waals surface area contributed by atoms with Crippen LogP contribution in [-0.2, 0) is 0 Å². The van der Waals surface area contributed by atoms with Gasteiger partial charge in [0, 0.05) is 17.8 Å². The van der Waals surface area contributed by atoms with Crippen molar-refractivity contribution in [3.8, 4) is 6.19 Å². The van der Waals surface area contributed by atoms with Gasteiger partial charge in [-0.25, -0.2) is 0 Å². The highest BCUT2D eigenvalue weighted by molar-refractivity contribution is 5.93. The summed E-state index contributed by atoms with van der Waals surface area (Å²) in [6.45, 7) is 0. The second-order valence-corrected chi connectivity index (χ2v) is 2.64. The molecule has 0 aliphatic heterocycles. The second-order valence-electron chi connectivity index (χ2n) is 2.64. The van der Waals surface area contributed by atoms with Crippen molar-refractivity contribution in [3.63, 3.8) is 0 Å². The van der Waals surface area contributed by atoms with E-state index in [1.165, 1.54) is 0 Å². The van der Waals surface area contributed by atoms with E-state index in [1.54, 1.807) is 12.4 Å². The molecule has 3 heteroatoms. The van der Waals surface area contributed by atoms with Crippen LogP contribution >= 0.6 is 0 Å². The fourth-order valence-electron chi connectivity index (χ4n) is 1.28. The van der Waals surface area contributed by atoms with Crippen LogP contribution in [0.3, 0.4) is 0 Å². The Balaban J connectivity index is 2.70. The van der Waals surface area contributed by atoms with Crippen molar-refractivity contribution in [2.24, 2.45) is 0 Å². The Bertz CT molecular complexity index is 466. The van der Waals surface area contributed by atoms with Crippen LogP contribution in [0.1, 0.15) is 0 Å². The van der Waals surface area contributed by atoms with Gasteiger partial charge in [0.1, 0.15) is 0 Å². The highest BCUT2D eigenvalue weighted by Gasteiger charge is 1.97. The molecular formula is C10H7N3. The van der Waals surface area contributed by atoms with Gasteiger partial charge in [-0.3, -0.25) is 10.3 Å². The number of nitrogens with zero attached hydrogens (tertiary/aromatic N) is 2. The maximum Gasteiger partial charge on any atom is 0.181 e. The molecular weight excluding hydrogens is 162 g/mol. The average Bonchev–Trinajstić information content (AvgIpc) is 2.19. The molecule has 13 heavy (non-hydrogen) atoms. The third-order valence-corrected chi connectivity index (χ3v) is 1.87. The SMILES string of the molecule is N#CNc1cccc2ccncc12. The number of fused-ring (bicyclic) bond motifs is 1. The van der Waals surface area contributed by atoms with Gasteiger partial charge in [-0.1, -0.05) is 12.1 Å². The summed E-state index contributed by atoms with van der Waals surface area (Å²) in [7, 11) is 0. The highest BCUT2D eigenvalue weighted by Crippen LogP contribution is 2.21. The molecule has 0 atom stereocenters. The zero-order valence-corrected chi connectivity index (χ0v) is 6.86. The first-order valence-electron chi connectivity index (χ1n) is 3.89. The van der Waals surface area contributed by atoms with Crippen LogP contribution in [0.2, 0.25) is 0 Å². The minimum atomic E-state index is 0.799. The van der Waals surface area contributed by atoms with Crippen molar-refractivity contribution in [2.45, 2.75) is 0 Å². The summed E-state index contributed by atoms with van der Waals surface area (Å²) in [4.78, 5) is 4.01. The van der Waals surface area contributed by atoms with Crippen molar-refractivity contribution in [3.05, 3.63) is 36.7 Å². The normalized spacial score (nSPS) is 9.46. The van der Waals surface area contributed by atoms with Crippen LogP contribution in [0.5, 0.6) is 0 Å². The zero-order valence-electron chi connectivity index (χ0n) is 6.86. The average molecular weight is 169 g/mol. The van der Waals surface area contributed by atoms with E-state index in [0.717, 1.165) is 16.5 Å². The molecule has 0 fully saturated rings. The van der Waals surface area contributed by atoms with Crippen LogP contribution in [0.4, 0.5) is 5.69 Å². The van der Waals surface area contributed by atoms with E-state index < -0.39 is 0 Å². The van der Waals surface area contributed by atoms with Gasteiger partial charge in [0.25, 0.3) is 0 Å². The fourth-order valence-corrected chi connectivity index (χ4v) is 1.28. The predicted octanol–water partition coefficient (Wildman–Crippen LogP) is 2.13. The van der Waals surface area contributed by atoms with Crippen LogP contribution in [0.15, 0.2) is 36.7 Å². The molecule has 62 valence electrons. The number of nitrogens with one attached hydrogen (secondary N) is 1. The molecule has 1 N–H and O–H groups in total. The fraction of sp³-hybridized carbons (Fsp3) is 0. The Hall–Kier alpha value is -2.08. The van der Waals surface area contributed by atoms with E-state index in [9.17, 15) is 0 Å². The molecule has 0 radical (unpaired) electrons. The number of nitriles is 1. The molecule has 0 saturated heterocycles. The molecule has 2 rings (SSSR count). The molecule has 0 aliphatic carbocycles. The highest BCUT2D eigenvalue weighted by atomic mass is 14.9. The summed E-state index contributed by atoms with van der Waals surface area (Å²) in [5, 5.41) is 13.2. The Kier molecular flexibility index (Phi) is 1.81. The summed E-state index contributed by atoms with van der Waals surface area (Å²) in [6.07, 6.45) is 5.38. The molecule has 0 aliphatic rings. The molecule has 2 aromatic rings. The minimum absolute atomic E-state index is 0.799. The second kappa shape index (κ2) is 3.11. The lowest BCUT2D eigenvalue weighted by Crippen LogP contribution is -1.88. The predicted molar refractivity (Wildman–Crippen MR) is 51.0 cm³/mol. The van der Waals surface area contributed by atoms with Gasteiger partial charge in [0.05, 0.1) is 5.69 Å². The van der Waals surface area contributed by atoms with Gasteiger partial charge in [-0.15, -0.1) is 0 Å². The number of pyridine rings is 1. The van der Waals surface area contributed by atoms with E-state index in [1.807, 2.05) is 30.5 Å². The van der Waals surface area contributed by atoms with Gasteiger partial charge in [0.2, 0.25) is 0 Å². The summed E-state index contributed by atoms with van der Waals surface area (Å²) >= 11 is 0. The van der Waals surface area contributed by atoms with Crippen LogP contribution in [-0.4, -0.2) is 4.98 Å². The van der Waals surface area contributed by atoms with Crippen molar-refractivity contribution < 1.29 is 0 Å². The van der Waals surface area contributed by atoms with Crippen LogP contribution in [0.25, 0.3) is 10.8 Å². The molecule has 0 saturated carbocycles. The Morgan fingerprint density at radius 1 is 1.31 bits per heavy atom. The maximum atomic E-state index is 8.50. The Morgan fingerprint density at radius 2 is 2.23 bits per heavy atom. The summed E-state index contributed by atoms with van der Waals surface area (Å²) in [5.74, 6) is 0. The lowest BCUT2D eigenvalue weighted by molar-refractivity contribution is 1.36. The van der Waals surface area contributed by atoms with E-state index >= 15 is 0 Å². The zero-order chi connectivity index (χ0) is 9.10. The third-order valence-electron chi connectivity index (χ3n) is 1.87. The lowest BCUT2D eigenvalue weighted by Gasteiger charge is -2.01. The van der Waals surface area contributed by atoms with Crippen molar-refractivity contribution >= 4 is 16.5 Å². The largest absolute Gasteiger partial charge is 0.292 e. The molecule has 0 unspecified atom stereocenters. The quantitative estimate of drug-likeness (QED) is 0.525. The third kappa shape index (κ3) is 1.30. The summed E-state index contributed by atoms with van der Waals surface area (Å²) in [5.41, 5.74) is 0.799. The van der Waals surface area contributed by atoms with E-state index in [-0.39, 0.29) is 0 Å². The molecule has 0 amide bonds. The number of rotatable bonds is 1. The summed E-state index contributed by atoms with van der Waals surface area (Å²) in [6, 6.07) is 7.66. The van der Waals surface area contributed by atoms with Gasteiger partial charge < -0.3 is 0 Å². The van der Waals surface area contributed by atoms with Crippen molar-refractivity contribution in [2.75, 3.05) is 5.32 Å². The van der Waals surface area contributed by atoms with E-state index in [2.05, 4.69) is 10.3 Å². The Labute approximate surface area is 75.6 Å². The van der Waals surface area contributed by atoms with Gasteiger partial charge >= 0.3 is 0 Å². The first-order valence-corrected chi connectivity index (χ1v) is 3.89. The number of benzene rings is 1. The first-order chi connectivity index (χ1) is 6.42. The van der Waals surface area contributed by atoms with Crippen LogP contribution < -0.4 is 5.32 Å². The number of aromatic nitrogens is 1. The maximum absolute atomic E-state index is 8.50. The van der Waals surface area contributed by atoms with E-state index in [0.29, 0.717) is 0 Å². The molecule has 0 spiro atoms. The smallest absolute Gasteiger partial charge is 0.181 e. The molecule has 1 aromatic carbocycles. The van der Waals surface area contributed by atoms with Gasteiger partial charge in [0.15, 0.2) is 6.19 Å². The van der Waals surface area contributed by atoms with Crippen LogP contribution in [0, 0.1) is 11.5 Å². The van der Waals surface area contributed by atoms with Crippen molar-refractivity contribution in [1.82, 2.24) is 4.98 Å². The number of anilines is 1. The minimum Gasteiger partial charge on any atom is -0.292 e. The molecule has 1 aromatic heterocycles. The topological polar surface area (TPSA) is 48.7 Å².